The van der Waals surface area contributed by atoms with Gasteiger partial charge in [0.2, 0.25) is 5.91 Å². The van der Waals surface area contributed by atoms with Gasteiger partial charge in [0, 0.05) is 56.5 Å². The summed E-state index contributed by atoms with van der Waals surface area (Å²) in [7, 11) is -3.46. The van der Waals surface area contributed by atoms with Crippen LogP contribution in [0, 0.1) is 0 Å². The lowest BCUT2D eigenvalue weighted by atomic mass is 10.1. The lowest BCUT2D eigenvalue weighted by Crippen LogP contribution is -2.49. The number of benzene rings is 2. The van der Waals surface area contributed by atoms with Crippen LogP contribution in [0.2, 0.25) is 0 Å². The van der Waals surface area contributed by atoms with E-state index >= 15 is 0 Å². The predicted molar refractivity (Wildman–Crippen MR) is 128 cm³/mol. The first-order chi connectivity index (χ1) is 17.0. The Morgan fingerprint density at radius 1 is 1.03 bits per heavy atom. The van der Waals surface area contributed by atoms with Gasteiger partial charge in [-0.05, 0) is 42.5 Å². The molecule has 2 aromatic carbocycles. The van der Waals surface area contributed by atoms with E-state index in [4.69, 9.17) is 9.47 Å². The van der Waals surface area contributed by atoms with Crippen LogP contribution in [-0.2, 0) is 32.0 Å². The normalized spacial score (nSPS) is 17.8. The fourth-order valence-corrected chi connectivity index (χ4v) is 5.03. The molecular formula is C25H29F3N2O5S. The summed E-state index contributed by atoms with van der Waals surface area (Å²) in [4.78, 5) is 16.9. The van der Waals surface area contributed by atoms with Gasteiger partial charge < -0.3 is 19.3 Å². The summed E-state index contributed by atoms with van der Waals surface area (Å²) in [5.41, 5.74) is 0.484. The van der Waals surface area contributed by atoms with Crippen LogP contribution >= 0.6 is 0 Å². The molecule has 0 aliphatic carbocycles. The maximum Gasteiger partial charge on any atom is 0.416 e. The molecule has 0 aromatic heterocycles. The minimum Gasteiger partial charge on any atom is -0.490 e. The van der Waals surface area contributed by atoms with Gasteiger partial charge >= 0.3 is 6.18 Å². The molecule has 36 heavy (non-hydrogen) atoms. The fraction of sp³-hybridized carbons (Fsp3) is 0.480. The largest absolute Gasteiger partial charge is 0.490 e. The highest BCUT2D eigenvalue weighted by Crippen LogP contribution is 2.31. The molecule has 11 heteroatoms. The summed E-state index contributed by atoms with van der Waals surface area (Å²) in [6.07, 6.45) is -1.91. The average Bonchev–Trinajstić information content (AvgIpc) is 2.85. The molecule has 2 aromatic rings. The summed E-state index contributed by atoms with van der Waals surface area (Å²) in [5, 5.41) is 0. The Balaban J connectivity index is 1.42. The minimum atomic E-state index is -4.38. The van der Waals surface area contributed by atoms with Crippen molar-refractivity contribution in [1.29, 1.82) is 0 Å². The van der Waals surface area contributed by atoms with Crippen molar-refractivity contribution in [2.24, 2.45) is 0 Å². The molecule has 0 bridgehead atoms. The fourth-order valence-electron chi connectivity index (χ4n) is 4.36. The number of alkyl halides is 3. The molecule has 2 fully saturated rings. The van der Waals surface area contributed by atoms with Gasteiger partial charge in [0.15, 0.2) is 9.84 Å². The second-order valence-electron chi connectivity index (χ2n) is 9.06. The van der Waals surface area contributed by atoms with Crippen molar-refractivity contribution >= 4 is 21.4 Å². The number of nitrogens with zero attached hydrogens (tertiary/aromatic N) is 2. The van der Waals surface area contributed by atoms with Crippen molar-refractivity contribution in [3.63, 3.8) is 0 Å². The molecule has 0 radical (unpaired) electrons. The number of halogens is 3. The zero-order valence-electron chi connectivity index (χ0n) is 20.0. The standard InChI is InChI=1S/C25H29F3N2O5S/c1-36(32,33)22-6-7-23(35-21-8-14-34-15-9-21)18(16-22)17-24(31)30-12-10-29(11-13-30)20-4-2-19(3-5-20)25(26,27)28/h2-7,16,21H,8-15,17H2,1H3. The van der Waals surface area contributed by atoms with Gasteiger partial charge in [-0.1, -0.05) is 0 Å². The first-order valence-electron chi connectivity index (χ1n) is 11.8. The van der Waals surface area contributed by atoms with E-state index in [-0.39, 0.29) is 23.3 Å². The Morgan fingerprint density at radius 2 is 1.67 bits per heavy atom. The maximum absolute atomic E-state index is 13.1. The molecule has 0 atom stereocenters. The highest BCUT2D eigenvalue weighted by molar-refractivity contribution is 7.90. The van der Waals surface area contributed by atoms with Crippen molar-refractivity contribution < 1.29 is 35.9 Å². The van der Waals surface area contributed by atoms with Gasteiger partial charge in [-0.15, -0.1) is 0 Å². The third-order valence-electron chi connectivity index (χ3n) is 6.46. The zero-order valence-corrected chi connectivity index (χ0v) is 20.8. The molecule has 2 heterocycles. The first-order valence-corrected chi connectivity index (χ1v) is 13.7. The van der Waals surface area contributed by atoms with Gasteiger partial charge in [0.25, 0.3) is 0 Å². The summed E-state index contributed by atoms with van der Waals surface area (Å²) >= 11 is 0. The van der Waals surface area contributed by atoms with Crippen LogP contribution < -0.4 is 9.64 Å². The maximum atomic E-state index is 13.1. The van der Waals surface area contributed by atoms with E-state index in [1.54, 1.807) is 11.0 Å². The van der Waals surface area contributed by atoms with E-state index < -0.39 is 21.6 Å². The van der Waals surface area contributed by atoms with Crippen LogP contribution in [0.1, 0.15) is 24.0 Å². The Labute approximate surface area is 208 Å². The number of piperazine rings is 1. The number of hydrogen-bond acceptors (Lipinski definition) is 6. The Bertz CT molecular complexity index is 1170. The highest BCUT2D eigenvalue weighted by atomic mass is 32.2. The van der Waals surface area contributed by atoms with Crippen molar-refractivity contribution in [2.75, 3.05) is 50.5 Å². The SMILES string of the molecule is CS(=O)(=O)c1ccc(OC2CCOCC2)c(CC(=O)N2CCN(c3ccc(C(F)(F)F)cc3)CC2)c1. The number of anilines is 1. The highest BCUT2D eigenvalue weighted by Gasteiger charge is 2.30. The van der Waals surface area contributed by atoms with Crippen LogP contribution in [-0.4, -0.2) is 71.0 Å². The topological polar surface area (TPSA) is 76.2 Å². The predicted octanol–water partition coefficient (Wildman–Crippen LogP) is 3.56. The number of sulfone groups is 1. The summed E-state index contributed by atoms with van der Waals surface area (Å²) in [6, 6.07) is 9.59. The zero-order chi connectivity index (χ0) is 25.9. The molecule has 0 saturated carbocycles. The van der Waals surface area contributed by atoms with Gasteiger partial charge in [-0.2, -0.15) is 13.2 Å². The molecule has 2 aliphatic heterocycles. The Morgan fingerprint density at radius 3 is 2.25 bits per heavy atom. The van der Waals surface area contributed by atoms with Crippen LogP contribution in [0.15, 0.2) is 47.4 Å². The van der Waals surface area contributed by atoms with Crippen LogP contribution in [0.3, 0.4) is 0 Å². The third-order valence-corrected chi connectivity index (χ3v) is 7.57. The number of carbonyl (C=O) groups is 1. The number of ether oxygens (including phenoxy) is 2. The van der Waals surface area contributed by atoms with Gasteiger partial charge in [0.1, 0.15) is 11.9 Å². The Kier molecular flexibility index (Phi) is 7.79. The second-order valence-corrected chi connectivity index (χ2v) is 11.1. The third kappa shape index (κ3) is 6.50. The molecule has 0 N–H and O–H groups in total. The smallest absolute Gasteiger partial charge is 0.416 e. The van der Waals surface area contributed by atoms with Crippen LogP contribution in [0.25, 0.3) is 0 Å². The monoisotopic (exact) mass is 526 g/mol. The molecule has 4 rings (SSSR count). The average molecular weight is 527 g/mol. The number of amides is 1. The summed E-state index contributed by atoms with van der Waals surface area (Å²) < 4.78 is 74.2. The molecule has 196 valence electrons. The molecule has 0 spiro atoms. The van der Waals surface area contributed by atoms with Gasteiger partial charge in [-0.3, -0.25) is 4.79 Å². The molecule has 2 aliphatic rings. The van der Waals surface area contributed by atoms with Gasteiger partial charge in [0.05, 0.1) is 30.1 Å². The van der Waals surface area contributed by atoms with E-state index in [2.05, 4.69) is 0 Å². The van der Waals surface area contributed by atoms with E-state index in [0.29, 0.717) is 69.2 Å². The molecule has 1 amide bonds. The lowest BCUT2D eigenvalue weighted by molar-refractivity contribution is -0.137. The Hall–Kier alpha value is -2.79. The lowest BCUT2D eigenvalue weighted by Gasteiger charge is -2.36. The van der Waals surface area contributed by atoms with Crippen molar-refractivity contribution in [1.82, 2.24) is 4.90 Å². The number of carbonyl (C=O) groups excluding carboxylic acids is 1. The van der Waals surface area contributed by atoms with Crippen LogP contribution in [0.4, 0.5) is 18.9 Å². The molecule has 0 unspecified atom stereocenters. The van der Waals surface area contributed by atoms with Crippen molar-refractivity contribution in [3.8, 4) is 5.75 Å². The first kappa shape index (κ1) is 26.3. The van der Waals surface area contributed by atoms with Crippen molar-refractivity contribution in [2.45, 2.75) is 36.4 Å². The molecule has 7 nitrogen and oxygen atoms in total. The van der Waals surface area contributed by atoms with E-state index in [9.17, 15) is 26.4 Å². The molecule has 2 saturated heterocycles. The number of rotatable bonds is 6. The van der Waals surface area contributed by atoms with Gasteiger partial charge in [-0.25, -0.2) is 8.42 Å². The van der Waals surface area contributed by atoms with Crippen molar-refractivity contribution in [3.05, 3.63) is 53.6 Å². The van der Waals surface area contributed by atoms with E-state index in [1.807, 2.05) is 4.90 Å². The molecular weight excluding hydrogens is 497 g/mol. The quantitative estimate of drug-likeness (QED) is 0.573. The minimum absolute atomic E-state index is 0.0117. The van der Waals surface area contributed by atoms with Crippen LogP contribution in [0.5, 0.6) is 5.75 Å². The number of hydrogen-bond donors (Lipinski definition) is 0. The summed E-state index contributed by atoms with van der Waals surface area (Å²) in [5.74, 6) is 0.329. The second kappa shape index (κ2) is 10.7. The summed E-state index contributed by atoms with van der Waals surface area (Å²) in [6.45, 7) is 2.94. The van der Waals surface area contributed by atoms with E-state index in [1.165, 1.54) is 24.3 Å². The van der Waals surface area contributed by atoms with E-state index in [0.717, 1.165) is 18.4 Å².